The molecule has 0 spiro atoms. The molecule has 2 nitrogen and oxygen atoms in total. The molecule has 2 heteroatoms. The Morgan fingerprint density at radius 2 is 2.05 bits per heavy atom. The molecular formula is C19H23NO. The molecule has 21 heavy (non-hydrogen) atoms. The summed E-state index contributed by atoms with van der Waals surface area (Å²) in [6, 6.07) is 15.9. The number of rotatable bonds is 4. The largest absolute Gasteiger partial charge is 0.497 e. The second-order valence-corrected chi connectivity index (χ2v) is 5.96. The van der Waals surface area contributed by atoms with Gasteiger partial charge in [-0.25, -0.2) is 0 Å². The summed E-state index contributed by atoms with van der Waals surface area (Å²) in [4.78, 5) is 0. The molecule has 0 saturated carbocycles. The van der Waals surface area contributed by atoms with Gasteiger partial charge in [0, 0.05) is 12.1 Å². The number of hydrogen-bond donors (Lipinski definition) is 1. The van der Waals surface area contributed by atoms with Gasteiger partial charge in [-0.05, 0) is 55.5 Å². The Kier molecular flexibility index (Phi) is 3.98. The minimum atomic E-state index is 0.316. The average Bonchev–Trinajstić information content (AvgIpc) is 2.89. The SMILES string of the molecule is COc1cccc([C@@H](C)NC2CCc3ccc(C)cc32)c1. The maximum Gasteiger partial charge on any atom is 0.119 e. The van der Waals surface area contributed by atoms with E-state index in [1.54, 1.807) is 7.11 Å². The van der Waals surface area contributed by atoms with Gasteiger partial charge in [-0.15, -0.1) is 0 Å². The van der Waals surface area contributed by atoms with E-state index in [-0.39, 0.29) is 0 Å². The summed E-state index contributed by atoms with van der Waals surface area (Å²) in [6.07, 6.45) is 2.37. The predicted octanol–water partition coefficient (Wildman–Crippen LogP) is 4.34. The van der Waals surface area contributed by atoms with Crippen molar-refractivity contribution in [3.63, 3.8) is 0 Å². The highest BCUT2D eigenvalue weighted by Gasteiger charge is 2.23. The maximum atomic E-state index is 5.32. The second kappa shape index (κ2) is 5.90. The zero-order valence-electron chi connectivity index (χ0n) is 13.0. The summed E-state index contributed by atoms with van der Waals surface area (Å²) >= 11 is 0. The molecule has 2 atom stereocenters. The van der Waals surface area contributed by atoms with E-state index in [2.05, 4.69) is 55.6 Å². The van der Waals surface area contributed by atoms with Crippen molar-refractivity contribution in [3.05, 3.63) is 64.7 Å². The van der Waals surface area contributed by atoms with Crippen molar-refractivity contribution < 1.29 is 4.74 Å². The van der Waals surface area contributed by atoms with E-state index in [4.69, 9.17) is 4.74 Å². The van der Waals surface area contributed by atoms with E-state index >= 15 is 0 Å². The van der Waals surface area contributed by atoms with Crippen LogP contribution in [0.25, 0.3) is 0 Å². The molecule has 0 amide bonds. The Balaban J connectivity index is 1.77. The van der Waals surface area contributed by atoms with Crippen molar-refractivity contribution in [2.45, 2.75) is 38.8 Å². The van der Waals surface area contributed by atoms with Crippen LogP contribution < -0.4 is 10.1 Å². The molecule has 0 bridgehead atoms. The fourth-order valence-corrected chi connectivity index (χ4v) is 3.20. The van der Waals surface area contributed by atoms with Crippen LogP contribution in [-0.4, -0.2) is 7.11 Å². The predicted molar refractivity (Wildman–Crippen MR) is 86.8 cm³/mol. The van der Waals surface area contributed by atoms with Gasteiger partial charge in [0.1, 0.15) is 5.75 Å². The highest BCUT2D eigenvalue weighted by atomic mass is 16.5. The number of fused-ring (bicyclic) bond motifs is 1. The maximum absolute atomic E-state index is 5.32. The van der Waals surface area contributed by atoms with Gasteiger partial charge in [-0.1, -0.05) is 35.9 Å². The molecule has 1 aliphatic rings. The van der Waals surface area contributed by atoms with Crippen molar-refractivity contribution in [1.82, 2.24) is 5.32 Å². The number of methoxy groups -OCH3 is 1. The standard InChI is InChI=1S/C19H23NO/c1-13-7-8-15-9-10-19(18(15)11-13)20-14(2)16-5-4-6-17(12-16)21-3/h4-8,11-12,14,19-20H,9-10H2,1-3H3/t14-,19?/m1/s1. The van der Waals surface area contributed by atoms with Crippen LogP contribution in [0.5, 0.6) is 5.75 Å². The molecule has 1 unspecified atom stereocenters. The fraction of sp³-hybridized carbons (Fsp3) is 0.368. The molecule has 2 aromatic rings. The van der Waals surface area contributed by atoms with Crippen molar-refractivity contribution in [2.75, 3.05) is 7.11 Å². The molecule has 0 heterocycles. The van der Waals surface area contributed by atoms with E-state index in [0.29, 0.717) is 12.1 Å². The first-order valence-electron chi connectivity index (χ1n) is 7.67. The second-order valence-electron chi connectivity index (χ2n) is 5.96. The lowest BCUT2D eigenvalue weighted by atomic mass is 10.0. The average molecular weight is 281 g/mol. The van der Waals surface area contributed by atoms with Crippen molar-refractivity contribution >= 4 is 0 Å². The Labute approximate surface area is 127 Å². The van der Waals surface area contributed by atoms with E-state index in [9.17, 15) is 0 Å². The van der Waals surface area contributed by atoms with Gasteiger partial charge in [0.05, 0.1) is 7.11 Å². The summed E-state index contributed by atoms with van der Waals surface area (Å²) in [5.41, 5.74) is 5.59. The summed E-state index contributed by atoms with van der Waals surface area (Å²) in [5.74, 6) is 0.920. The van der Waals surface area contributed by atoms with Crippen molar-refractivity contribution in [2.24, 2.45) is 0 Å². The van der Waals surface area contributed by atoms with Crippen molar-refractivity contribution in [3.8, 4) is 5.75 Å². The Morgan fingerprint density at radius 1 is 1.19 bits per heavy atom. The Morgan fingerprint density at radius 3 is 2.86 bits per heavy atom. The molecular weight excluding hydrogens is 258 g/mol. The third-order valence-electron chi connectivity index (χ3n) is 4.42. The van der Waals surface area contributed by atoms with E-state index in [1.165, 1.54) is 35.1 Å². The number of nitrogens with one attached hydrogen (secondary N) is 1. The van der Waals surface area contributed by atoms with E-state index < -0.39 is 0 Å². The van der Waals surface area contributed by atoms with Gasteiger partial charge in [0.25, 0.3) is 0 Å². The highest BCUT2D eigenvalue weighted by Crippen LogP contribution is 2.34. The van der Waals surface area contributed by atoms with Gasteiger partial charge in [-0.2, -0.15) is 0 Å². The Hall–Kier alpha value is -1.80. The number of hydrogen-bond acceptors (Lipinski definition) is 2. The van der Waals surface area contributed by atoms with Gasteiger partial charge in [0.2, 0.25) is 0 Å². The fourth-order valence-electron chi connectivity index (χ4n) is 3.20. The van der Waals surface area contributed by atoms with Crippen LogP contribution in [0.1, 0.15) is 47.7 Å². The monoisotopic (exact) mass is 281 g/mol. The smallest absolute Gasteiger partial charge is 0.119 e. The number of ether oxygens (including phenoxy) is 1. The van der Waals surface area contributed by atoms with Crippen LogP contribution in [0.3, 0.4) is 0 Å². The van der Waals surface area contributed by atoms with E-state index in [0.717, 1.165) is 5.75 Å². The first-order chi connectivity index (χ1) is 10.2. The van der Waals surface area contributed by atoms with Crippen LogP contribution in [0.15, 0.2) is 42.5 Å². The van der Waals surface area contributed by atoms with Gasteiger partial charge >= 0.3 is 0 Å². The van der Waals surface area contributed by atoms with Gasteiger partial charge in [0.15, 0.2) is 0 Å². The zero-order valence-corrected chi connectivity index (χ0v) is 13.0. The molecule has 3 rings (SSSR count). The third kappa shape index (κ3) is 2.96. The highest BCUT2D eigenvalue weighted by molar-refractivity contribution is 5.38. The molecule has 0 aromatic heterocycles. The lowest BCUT2D eigenvalue weighted by Crippen LogP contribution is -2.23. The van der Waals surface area contributed by atoms with Crippen LogP contribution in [0.4, 0.5) is 0 Å². The number of aryl methyl sites for hydroxylation is 2. The molecule has 0 radical (unpaired) electrons. The quantitative estimate of drug-likeness (QED) is 0.900. The van der Waals surface area contributed by atoms with Crippen LogP contribution >= 0.6 is 0 Å². The minimum Gasteiger partial charge on any atom is -0.497 e. The van der Waals surface area contributed by atoms with Crippen molar-refractivity contribution in [1.29, 1.82) is 0 Å². The first kappa shape index (κ1) is 14.2. The lowest BCUT2D eigenvalue weighted by molar-refractivity contribution is 0.411. The molecule has 0 saturated heterocycles. The summed E-state index contributed by atoms with van der Waals surface area (Å²) in [5, 5.41) is 3.77. The minimum absolute atomic E-state index is 0.316. The first-order valence-corrected chi connectivity index (χ1v) is 7.67. The molecule has 110 valence electrons. The zero-order chi connectivity index (χ0) is 14.8. The molecule has 0 aliphatic heterocycles. The van der Waals surface area contributed by atoms with Gasteiger partial charge < -0.3 is 10.1 Å². The summed E-state index contributed by atoms with van der Waals surface area (Å²) < 4.78 is 5.32. The topological polar surface area (TPSA) is 21.3 Å². The van der Waals surface area contributed by atoms with E-state index in [1.807, 2.05) is 6.07 Å². The Bertz CT molecular complexity index is 635. The van der Waals surface area contributed by atoms with Crippen LogP contribution in [0, 0.1) is 6.92 Å². The third-order valence-corrected chi connectivity index (χ3v) is 4.42. The van der Waals surface area contributed by atoms with Crippen LogP contribution in [0.2, 0.25) is 0 Å². The molecule has 0 fully saturated rings. The molecule has 1 aliphatic carbocycles. The molecule has 2 aromatic carbocycles. The normalized spacial score (nSPS) is 18.3. The molecule has 1 N–H and O–H groups in total. The van der Waals surface area contributed by atoms with Gasteiger partial charge in [-0.3, -0.25) is 0 Å². The number of benzene rings is 2. The van der Waals surface area contributed by atoms with Crippen LogP contribution in [-0.2, 0) is 6.42 Å². The summed E-state index contributed by atoms with van der Waals surface area (Å²) in [7, 11) is 1.72. The lowest BCUT2D eigenvalue weighted by Gasteiger charge is -2.21. The summed E-state index contributed by atoms with van der Waals surface area (Å²) in [6.45, 7) is 4.39.